The largest absolute Gasteiger partial charge is 0.497 e. The van der Waals surface area contributed by atoms with Gasteiger partial charge in [-0.1, -0.05) is 48.0 Å². The van der Waals surface area contributed by atoms with Gasteiger partial charge in [0.1, 0.15) is 11.5 Å². The first-order valence-electron chi connectivity index (χ1n) is 9.69. The highest BCUT2D eigenvalue weighted by atomic mass is 35.5. The molecule has 7 heteroatoms. The van der Waals surface area contributed by atoms with Crippen LogP contribution < -0.4 is 9.47 Å². The Morgan fingerprint density at radius 1 is 1.00 bits per heavy atom. The number of methoxy groups -OCH3 is 2. The number of halogens is 1. The highest BCUT2D eigenvalue weighted by molar-refractivity contribution is 6.30. The first-order valence-corrected chi connectivity index (χ1v) is 10.1. The topological polar surface area (TPSA) is 68.2 Å². The van der Waals surface area contributed by atoms with E-state index in [1.165, 1.54) is 4.90 Å². The highest BCUT2D eigenvalue weighted by Crippen LogP contribution is 2.47. The summed E-state index contributed by atoms with van der Waals surface area (Å²) in [7, 11) is 3.14. The van der Waals surface area contributed by atoms with Crippen LogP contribution in [0.1, 0.15) is 22.8 Å². The molecule has 1 aliphatic rings. The summed E-state index contributed by atoms with van der Waals surface area (Å²) >= 11 is 6.12. The van der Waals surface area contributed by atoms with Crippen molar-refractivity contribution in [3.63, 3.8) is 0 Å². The summed E-state index contributed by atoms with van der Waals surface area (Å²) in [4.78, 5) is 14.3. The van der Waals surface area contributed by atoms with Crippen LogP contribution in [0, 0.1) is 0 Å². The van der Waals surface area contributed by atoms with Gasteiger partial charge in [-0.2, -0.15) is 0 Å². The summed E-state index contributed by atoms with van der Waals surface area (Å²) in [5.74, 6) is 1.30. The van der Waals surface area contributed by atoms with Crippen molar-refractivity contribution in [3.8, 4) is 11.5 Å². The molecule has 3 aromatic rings. The zero-order valence-corrected chi connectivity index (χ0v) is 17.9. The molecule has 0 aliphatic carbocycles. The maximum Gasteiger partial charge on any atom is 0.413 e. The lowest BCUT2D eigenvalue weighted by Crippen LogP contribution is -2.45. The molecule has 6 nitrogen and oxygen atoms in total. The monoisotopic (exact) mass is 439 g/mol. The molecule has 0 radical (unpaired) electrons. The van der Waals surface area contributed by atoms with E-state index in [1.807, 2.05) is 6.07 Å². The Morgan fingerprint density at radius 3 is 2.19 bits per heavy atom. The summed E-state index contributed by atoms with van der Waals surface area (Å²) in [6.45, 7) is 0.120. The number of hydrogen-bond donors (Lipinski definition) is 1. The first-order chi connectivity index (χ1) is 15.0. The van der Waals surface area contributed by atoms with Gasteiger partial charge in [-0.15, -0.1) is 0 Å². The Balaban J connectivity index is 1.79. The van der Waals surface area contributed by atoms with Crippen molar-refractivity contribution in [1.29, 1.82) is 0 Å². The van der Waals surface area contributed by atoms with Crippen molar-refractivity contribution in [2.24, 2.45) is 0 Å². The minimum atomic E-state index is -1.75. The lowest BCUT2D eigenvalue weighted by Gasteiger charge is -2.35. The number of carbonyl (C=O) groups excluding carboxylic acids is 1. The minimum absolute atomic E-state index is 0.120. The van der Waals surface area contributed by atoms with Crippen LogP contribution in [0.5, 0.6) is 11.5 Å². The second-order valence-corrected chi connectivity index (χ2v) is 7.64. The Morgan fingerprint density at radius 2 is 1.61 bits per heavy atom. The van der Waals surface area contributed by atoms with Gasteiger partial charge in [0.25, 0.3) is 0 Å². The molecule has 1 saturated heterocycles. The third kappa shape index (κ3) is 3.92. The van der Waals surface area contributed by atoms with Crippen LogP contribution in [-0.2, 0) is 17.0 Å². The Bertz CT molecular complexity index is 1070. The Kier molecular flexibility index (Phi) is 5.76. The molecule has 3 aromatic carbocycles. The number of aliphatic hydroxyl groups is 1. The SMILES string of the molecule is COc1ccc([C@H]2OC(=O)N(Cc3cccc(Cl)c3)[C@]2(O)c2ccc(OC)cc2)cc1. The van der Waals surface area contributed by atoms with E-state index in [9.17, 15) is 9.90 Å². The number of nitrogens with zero attached hydrogens (tertiary/aromatic N) is 1. The number of ether oxygens (including phenoxy) is 3. The Hall–Kier alpha value is -3.22. The van der Waals surface area contributed by atoms with E-state index in [-0.39, 0.29) is 6.54 Å². The molecule has 160 valence electrons. The van der Waals surface area contributed by atoms with Crippen LogP contribution >= 0.6 is 11.6 Å². The molecule has 1 amide bonds. The molecule has 2 atom stereocenters. The van der Waals surface area contributed by atoms with Crippen molar-refractivity contribution >= 4 is 17.7 Å². The summed E-state index contributed by atoms with van der Waals surface area (Å²) in [6.07, 6.45) is -1.57. The average molecular weight is 440 g/mol. The summed E-state index contributed by atoms with van der Waals surface area (Å²) in [6, 6.07) is 21.1. The molecule has 0 bridgehead atoms. The molecular weight excluding hydrogens is 418 g/mol. The lowest BCUT2D eigenvalue weighted by molar-refractivity contribution is -0.113. The van der Waals surface area contributed by atoms with Gasteiger partial charge in [0.2, 0.25) is 5.72 Å². The molecule has 1 fully saturated rings. The van der Waals surface area contributed by atoms with Gasteiger partial charge in [0.15, 0.2) is 6.10 Å². The van der Waals surface area contributed by atoms with Crippen LogP contribution in [0.3, 0.4) is 0 Å². The van der Waals surface area contributed by atoms with Crippen LogP contribution in [-0.4, -0.2) is 30.3 Å². The van der Waals surface area contributed by atoms with Crippen molar-refractivity contribution < 1.29 is 24.1 Å². The summed E-state index contributed by atoms with van der Waals surface area (Å²) in [5, 5.41) is 12.5. The van der Waals surface area contributed by atoms with E-state index in [2.05, 4.69) is 0 Å². The predicted octanol–water partition coefficient (Wildman–Crippen LogP) is 4.90. The first kappa shape index (κ1) is 21.0. The fraction of sp³-hybridized carbons (Fsp3) is 0.208. The van der Waals surface area contributed by atoms with E-state index in [1.54, 1.807) is 80.9 Å². The van der Waals surface area contributed by atoms with Crippen LogP contribution in [0.4, 0.5) is 4.79 Å². The van der Waals surface area contributed by atoms with Crippen molar-refractivity contribution in [2.45, 2.75) is 18.4 Å². The number of rotatable bonds is 6. The van der Waals surface area contributed by atoms with Gasteiger partial charge in [-0.3, -0.25) is 4.90 Å². The van der Waals surface area contributed by atoms with E-state index < -0.39 is 17.9 Å². The maximum absolute atomic E-state index is 12.9. The predicted molar refractivity (Wildman–Crippen MR) is 116 cm³/mol. The molecule has 0 saturated carbocycles. The molecule has 31 heavy (non-hydrogen) atoms. The third-order valence-corrected chi connectivity index (χ3v) is 5.61. The summed E-state index contributed by atoms with van der Waals surface area (Å²) in [5.41, 5.74) is 0.162. The molecule has 0 aromatic heterocycles. The fourth-order valence-corrected chi connectivity index (χ4v) is 3.97. The minimum Gasteiger partial charge on any atom is -0.497 e. The second-order valence-electron chi connectivity index (χ2n) is 7.21. The maximum atomic E-state index is 12.9. The van der Waals surface area contributed by atoms with Gasteiger partial charge in [0, 0.05) is 10.6 Å². The molecule has 0 spiro atoms. The molecule has 1 heterocycles. The molecular formula is C24H22ClNO5. The van der Waals surface area contributed by atoms with Gasteiger partial charge in [-0.25, -0.2) is 4.79 Å². The van der Waals surface area contributed by atoms with Crippen molar-refractivity contribution in [2.75, 3.05) is 14.2 Å². The summed E-state index contributed by atoms with van der Waals surface area (Å²) < 4.78 is 16.2. The van der Waals surface area contributed by atoms with E-state index in [4.69, 9.17) is 25.8 Å². The number of benzene rings is 3. The van der Waals surface area contributed by atoms with Crippen LogP contribution in [0.15, 0.2) is 72.8 Å². The lowest BCUT2D eigenvalue weighted by atomic mass is 9.91. The van der Waals surface area contributed by atoms with Gasteiger partial charge < -0.3 is 19.3 Å². The fourth-order valence-electron chi connectivity index (χ4n) is 3.75. The zero-order valence-electron chi connectivity index (χ0n) is 17.1. The van der Waals surface area contributed by atoms with Crippen molar-refractivity contribution in [1.82, 2.24) is 4.90 Å². The van der Waals surface area contributed by atoms with Crippen molar-refractivity contribution in [3.05, 3.63) is 94.5 Å². The molecule has 1 N–H and O–H groups in total. The smallest absolute Gasteiger partial charge is 0.413 e. The van der Waals surface area contributed by atoms with E-state index in [0.717, 1.165) is 5.56 Å². The molecule has 1 aliphatic heterocycles. The quantitative estimate of drug-likeness (QED) is 0.592. The number of carbonyl (C=O) groups is 1. The highest BCUT2D eigenvalue weighted by Gasteiger charge is 2.56. The Labute approximate surface area is 185 Å². The standard InChI is InChI=1S/C24H22ClNO5/c1-29-20-10-6-17(7-11-20)22-24(28,18-8-12-21(30-2)13-9-18)26(23(27)31-22)15-16-4-3-5-19(25)14-16/h3-14,22,28H,15H2,1-2H3/t22-,24+/m1/s1. The van der Waals surface area contributed by atoms with Gasteiger partial charge in [0.05, 0.1) is 20.8 Å². The normalized spacial score (nSPS) is 20.5. The van der Waals surface area contributed by atoms with Gasteiger partial charge in [-0.05, 0) is 47.5 Å². The van der Waals surface area contributed by atoms with Gasteiger partial charge >= 0.3 is 6.09 Å². The number of hydrogen-bond acceptors (Lipinski definition) is 5. The third-order valence-electron chi connectivity index (χ3n) is 5.38. The zero-order chi connectivity index (χ0) is 22.0. The molecule has 4 rings (SSSR count). The van der Waals surface area contributed by atoms with Crippen LogP contribution in [0.2, 0.25) is 5.02 Å². The van der Waals surface area contributed by atoms with Crippen LogP contribution in [0.25, 0.3) is 0 Å². The second kappa shape index (κ2) is 8.49. The van der Waals surface area contributed by atoms with E-state index in [0.29, 0.717) is 27.6 Å². The molecule has 0 unspecified atom stereocenters. The van der Waals surface area contributed by atoms with E-state index >= 15 is 0 Å². The average Bonchev–Trinajstić information content (AvgIpc) is 3.05. The number of cyclic esters (lactones) is 1. The number of amides is 1.